The predicted molar refractivity (Wildman–Crippen MR) is 145 cm³/mol. The molecule has 0 spiro atoms. The Balaban J connectivity index is 2.96. The molecule has 0 aliphatic rings. The number of rotatable bonds is 14. The van der Waals surface area contributed by atoms with Crippen molar-refractivity contribution in [2.45, 2.75) is 92.3 Å². The largest absolute Gasteiger partial charge is 0.750 e. The zero-order valence-electron chi connectivity index (χ0n) is 24.3. The Morgan fingerprint density at radius 3 is 2.00 bits per heavy atom. The van der Waals surface area contributed by atoms with Gasteiger partial charge in [-0.3, -0.25) is 18.0 Å². The fourth-order valence-electron chi connectivity index (χ4n) is 3.88. The summed E-state index contributed by atoms with van der Waals surface area (Å²) in [6.07, 6.45) is -1.24. The molecule has 0 aromatic heterocycles. The van der Waals surface area contributed by atoms with Crippen molar-refractivity contribution in [3.63, 3.8) is 0 Å². The molecule has 0 heterocycles. The lowest BCUT2D eigenvalue weighted by Gasteiger charge is -2.34. The summed E-state index contributed by atoms with van der Waals surface area (Å²) < 4.78 is 67.0. The first-order valence-corrected chi connectivity index (χ1v) is 15.2. The molecular weight excluding hydrogens is 548 g/mol. The Bertz CT molecular complexity index is 1070. The highest BCUT2D eigenvalue weighted by Gasteiger charge is 2.39. The van der Waals surface area contributed by atoms with Crippen molar-refractivity contribution in [1.29, 1.82) is 0 Å². The summed E-state index contributed by atoms with van der Waals surface area (Å²) in [6.45, 7) is 15.6. The molecule has 0 aliphatic heterocycles. The van der Waals surface area contributed by atoms with Gasteiger partial charge in [-0.25, -0.2) is 4.21 Å². The normalized spacial score (nSPS) is 16.6. The lowest BCUT2D eigenvalue weighted by atomic mass is 9.72. The van der Waals surface area contributed by atoms with Gasteiger partial charge in [0.2, 0.25) is 0 Å². The second-order valence-corrected chi connectivity index (χ2v) is 14.4. The van der Waals surface area contributed by atoms with Gasteiger partial charge in [0.15, 0.2) is 0 Å². The Morgan fingerprint density at radius 1 is 0.949 bits per heavy atom. The zero-order valence-corrected chi connectivity index (χ0v) is 26.0. The third-order valence-corrected chi connectivity index (χ3v) is 7.58. The van der Waals surface area contributed by atoms with Gasteiger partial charge in [0.05, 0.1) is 34.7 Å². The second-order valence-electron chi connectivity index (χ2n) is 12.2. The molecule has 0 saturated carbocycles. The Morgan fingerprint density at radius 2 is 1.51 bits per heavy atom. The molecule has 0 saturated heterocycles. The van der Waals surface area contributed by atoms with E-state index < -0.39 is 62.9 Å². The molecule has 0 aliphatic carbocycles. The van der Waals surface area contributed by atoms with Gasteiger partial charge < -0.3 is 14.0 Å². The minimum atomic E-state index is -4.05. The summed E-state index contributed by atoms with van der Waals surface area (Å²) in [7, 11) is -4.05. The number of aryl methyl sites for hydroxylation is 1. The molecule has 5 atom stereocenters. The Hall–Kier alpha value is -1.86. The third-order valence-electron chi connectivity index (χ3n) is 5.82. The number of carbonyl (C=O) groups excluding carboxylic acids is 2. The van der Waals surface area contributed by atoms with Crippen LogP contribution in [0, 0.1) is 29.6 Å². The summed E-state index contributed by atoms with van der Waals surface area (Å²) in [4.78, 5) is 26.3. The van der Waals surface area contributed by atoms with E-state index in [1.807, 2.05) is 48.5 Å². The summed E-state index contributed by atoms with van der Waals surface area (Å²) in [5.41, 5.74) is 0.0279. The fraction of sp³-hybridized carbons (Fsp3) is 0.704. The maximum atomic E-state index is 13.2. The van der Waals surface area contributed by atoms with Crippen molar-refractivity contribution in [2.24, 2.45) is 22.7 Å². The first-order chi connectivity index (χ1) is 17.7. The van der Waals surface area contributed by atoms with Gasteiger partial charge in [-0.15, -0.1) is 0 Å². The standard InChI is InChI=1S/C27H44O10S2/c1-18-10-12-22(13-11-18)39(32,33)37-20(3)16-34-24(28)21(15-26(4,5)6)14-23(27(7,8)9)25(29)36-19(2)17-35-38(30)31/h10-13,19-21,23H,14-17H2,1-9H3,(H,30,31)/p-1. The van der Waals surface area contributed by atoms with Gasteiger partial charge in [0, 0.05) is 0 Å². The number of ether oxygens (including phenoxy) is 2. The first kappa shape index (κ1) is 35.2. The van der Waals surface area contributed by atoms with Crippen LogP contribution in [-0.4, -0.2) is 54.5 Å². The summed E-state index contributed by atoms with van der Waals surface area (Å²) in [5.74, 6) is -2.56. The van der Waals surface area contributed by atoms with Gasteiger partial charge in [0.1, 0.15) is 18.8 Å². The van der Waals surface area contributed by atoms with Gasteiger partial charge in [-0.1, -0.05) is 59.2 Å². The minimum Gasteiger partial charge on any atom is -0.750 e. The number of hydrogen-bond donors (Lipinski definition) is 0. The summed E-state index contributed by atoms with van der Waals surface area (Å²) >= 11 is -2.73. The first-order valence-electron chi connectivity index (χ1n) is 12.8. The van der Waals surface area contributed by atoms with Crippen LogP contribution < -0.4 is 0 Å². The van der Waals surface area contributed by atoms with E-state index in [0.29, 0.717) is 6.42 Å². The average molecular weight is 592 g/mol. The van der Waals surface area contributed by atoms with Gasteiger partial charge in [-0.05, 0) is 56.6 Å². The van der Waals surface area contributed by atoms with Crippen molar-refractivity contribution >= 4 is 33.4 Å². The number of esters is 2. The molecule has 0 N–H and O–H groups in total. The minimum absolute atomic E-state index is 0.00420. The highest BCUT2D eigenvalue weighted by Crippen LogP contribution is 2.37. The van der Waals surface area contributed by atoms with Gasteiger partial charge in [-0.2, -0.15) is 8.42 Å². The van der Waals surface area contributed by atoms with Crippen LogP contribution in [0.2, 0.25) is 0 Å². The van der Waals surface area contributed by atoms with Crippen LogP contribution in [0.25, 0.3) is 0 Å². The van der Waals surface area contributed by atoms with Crippen molar-refractivity contribution in [2.75, 3.05) is 13.2 Å². The van der Waals surface area contributed by atoms with E-state index in [-0.39, 0.29) is 29.9 Å². The molecule has 0 fully saturated rings. The quantitative estimate of drug-likeness (QED) is 0.172. The highest BCUT2D eigenvalue weighted by atomic mass is 32.2. The van der Waals surface area contributed by atoms with Gasteiger partial charge in [0.25, 0.3) is 10.1 Å². The zero-order chi connectivity index (χ0) is 30.2. The Kier molecular flexibility index (Phi) is 13.2. The van der Waals surface area contributed by atoms with Crippen LogP contribution in [-0.2, 0) is 48.9 Å². The van der Waals surface area contributed by atoms with E-state index in [2.05, 4.69) is 4.18 Å². The van der Waals surface area contributed by atoms with Crippen molar-refractivity contribution in [3.8, 4) is 0 Å². The number of hydrogen-bond acceptors (Lipinski definition) is 10. The van der Waals surface area contributed by atoms with Crippen LogP contribution in [0.4, 0.5) is 0 Å². The third kappa shape index (κ3) is 13.4. The van der Waals surface area contributed by atoms with Crippen LogP contribution in [0.3, 0.4) is 0 Å². The molecule has 0 amide bonds. The molecule has 1 rings (SSSR count). The number of carbonyl (C=O) groups is 2. The summed E-state index contributed by atoms with van der Waals surface area (Å²) in [6, 6.07) is 6.21. The molecule has 10 nitrogen and oxygen atoms in total. The average Bonchev–Trinajstić information content (AvgIpc) is 2.77. The lowest BCUT2D eigenvalue weighted by Crippen LogP contribution is -2.37. The van der Waals surface area contributed by atoms with E-state index in [1.54, 1.807) is 12.1 Å². The molecule has 0 radical (unpaired) electrons. The molecule has 1 aromatic rings. The maximum absolute atomic E-state index is 13.2. The molecular formula is C27H43O10S2-. The van der Waals surface area contributed by atoms with Crippen LogP contribution in [0.1, 0.15) is 73.8 Å². The predicted octanol–water partition coefficient (Wildman–Crippen LogP) is 4.48. The number of benzene rings is 1. The van der Waals surface area contributed by atoms with Crippen molar-refractivity contribution in [3.05, 3.63) is 29.8 Å². The van der Waals surface area contributed by atoms with E-state index in [4.69, 9.17) is 13.7 Å². The fourth-order valence-corrected chi connectivity index (χ4v) is 5.25. The molecule has 5 unspecified atom stereocenters. The smallest absolute Gasteiger partial charge is 0.309 e. The van der Waals surface area contributed by atoms with E-state index in [1.165, 1.54) is 26.0 Å². The van der Waals surface area contributed by atoms with Crippen LogP contribution >= 0.6 is 0 Å². The molecule has 39 heavy (non-hydrogen) atoms. The van der Waals surface area contributed by atoms with Gasteiger partial charge >= 0.3 is 11.9 Å². The highest BCUT2D eigenvalue weighted by molar-refractivity contribution is 7.86. The second kappa shape index (κ2) is 14.7. The monoisotopic (exact) mass is 591 g/mol. The Labute approximate surface area is 235 Å². The molecule has 12 heteroatoms. The topological polar surface area (TPSA) is 145 Å². The van der Waals surface area contributed by atoms with E-state index in [0.717, 1.165) is 5.56 Å². The summed E-state index contributed by atoms with van der Waals surface area (Å²) in [5, 5.41) is 0. The van der Waals surface area contributed by atoms with E-state index >= 15 is 0 Å². The molecule has 224 valence electrons. The molecule has 1 aromatic carbocycles. The van der Waals surface area contributed by atoms with Crippen LogP contribution in [0.15, 0.2) is 29.2 Å². The van der Waals surface area contributed by atoms with E-state index in [9.17, 15) is 26.8 Å². The van der Waals surface area contributed by atoms with Crippen LogP contribution in [0.5, 0.6) is 0 Å². The maximum Gasteiger partial charge on any atom is 0.309 e. The van der Waals surface area contributed by atoms with Crippen molar-refractivity contribution < 1.29 is 44.6 Å². The van der Waals surface area contributed by atoms with Crippen molar-refractivity contribution in [1.82, 2.24) is 0 Å². The lowest BCUT2D eigenvalue weighted by molar-refractivity contribution is -0.162. The SMILES string of the molecule is Cc1ccc(S(=O)(=O)OC(C)COC(=O)C(CC(C(=O)OC(C)COS(=O)[O-])C(C)(C)C)CC(C)(C)C)cc1. The molecule has 0 bridgehead atoms.